The van der Waals surface area contributed by atoms with Crippen LogP contribution in [0.1, 0.15) is 34.6 Å². The standard InChI is InChI=1S/C10H19NO2S/c1-7-9(12)11-14(13,8(2)3)10(4,5)6/h7-8H,1H2,2-6H3. The van der Waals surface area contributed by atoms with Crippen molar-refractivity contribution < 1.29 is 9.00 Å². The highest BCUT2D eigenvalue weighted by Gasteiger charge is 2.30. The van der Waals surface area contributed by atoms with Gasteiger partial charge in [-0.25, -0.2) is 4.21 Å². The monoisotopic (exact) mass is 217 g/mol. The Morgan fingerprint density at radius 2 is 1.86 bits per heavy atom. The number of carbonyl (C=O) groups is 1. The van der Waals surface area contributed by atoms with Crippen LogP contribution in [0.5, 0.6) is 0 Å². The summed E-state index contributed by atoms with van der Waals surface area (Å²) < 4.78 is 15.7. The van der Waals surface area contributed by atoms with Gasteiger partial charge in [0.1, 0.15) is 0 Å². The second-order valence-corrected chi connectivity index (χ2v) is 7.85. The van der Waals surface area contributed by atoms with Gasteiger partial charge in [-0.2, -0.15) is 4.36 Å². The van der Waals surface area contributed by atoms with Gasteiger partial charge in [0.2, 0.25) is 0 Å². The first kappa shape index (κ1) is 13.4. The Bertz CT molecular complexity index is 342. The Balaban J connectivity index is 5.58. The molecule has 0 rings (SSSR count). The Kier molecular flexibility index (Phi) is 4.06. The Morgan fingerprint density at radius 1 is 1.43 bits per heavy atom. The molecule has 0 spiro atoms. The van der Waals surface area contributed by atoms with Gasteiger partial charge in [-0.05, 0) is 26.8 Å². The Hall–Kier alpha value is -0.640. The normalized spacial score (nSPS) is 16.1. The molecule has 14 heavy (non-hydrogen) atoms. The molecule has 0 saturated carbocycles. The van der Waals surface area contributed by atoms with Crippen molar-refractivity contribution in [3.05, 3.63) is 12.7 Å². The lowest BCUT2D eigenvalue weighted by molar-refractivity contribution is -0.113. The number of carbonyl (C=O) groups excluding carboxylic acids is 1. The van der Waals surface area contributed by atoms with E-state index in [9.17, 15) is 9.00 Å². The maximum atomic E-state index is 12.4. The van der Waals surface area contributed by atoms with Crippen molar-refractivity contribution in [1.82, 2.24) is 0 Å². The van der Waals surface area contributed by atoms with E-state index >= 15 is 0 Å². The number of rotatable bonds is 2. The van der Waals surface area contributed by atoms with E-state index in [1.54, 1.807) is 0 Å². The lowest BCUT2D eigenvalue weighted by Crippen LogP contribution is -2.34. The van der Waals surface area contributed by atoms with E-state index < -0.39 is 20.4 Å². The molecule has 0 aliphatic rings. The van der Waals surface area contributed by atoms with Gasteiger partial charge >= 0.3 is 0 Å². The molecule has 0 aliphatic carbocycles. The van der Waals surface area contributed by atoms with E-state index in [1.807, 2.05) is 34.6 Å². The van der Waals surface area contributed by atoms with Crippen LogP contribution in [0.25, 0.3) is 0 Å². The highest BCUT2D eigenvalue weighted by atomic mass is 32.2. The van der Waals surface area contributed by atoms with Crippen LogP contribution >= 0.6 is 0 Å². The molecule has 0 N–H and O–H groups in total. The molecule has 0 aromatic heterocycles. The first-order chi connectivity index (χ1) is 6.15. The van der Waals surface area contributed by atoms with Gasteiger partial charge in [0.25, 0.3) is 5.91 Å². The van der Waals surface area contributed by atoms with Gasteiger partial charge in [-0.1, -0.05) is 20.4 Å². The zero-order valence-corrected chi connectivity index (χ0v) is 10.4. The SMILES string of the molecule is C=CC(=O)N=S(=O)(C(C)C)C(C)(C)C. The predicted octanol–water partition coefficient (Wildman–Crippen LogP) is 2.37. The topological polar surface area (TPSA) is 46.5 Å². The summed E-state index contributed by atoms with van der Waals surface area (Å²) in [6.45, 7) is 12.4. The summed E-state index contributed by atoms with van der Waals surface area (Å²) >= 11 is 0. The van der Waals surface area contributed by atoms with Crippen LogP contribution in [-0.2, 0) is 14.5 Å². The molecule has 1 unspecified atom stereocenters. The molecule has 0 saturated heterocycles. The third kappa shape index (κ3) is 2.67. The minimum atomic E-state index is -2.53. The summed E-state index contributed by atoms with van der Waals surface area (Å²) in [5.41, 5.74) is 0. The lowest BCUT2D eigenvalue weighted by Gasteiger charge is -2.26. The first-order valence-corrected chi connectivity index (χ1v) is 6.15. The number of nitrogens with zero attached hydrogens (tertiary/aromatic N) is 1. The molecule has 0 bridgehead atoms. The zero-order valence-electron chi connectivity index (χ0n) is 9.53. The second-order valence-electron chi connectivity index (χ2n) is 4.36. The fourth-order valence-electron chi connectivity index (χ4n) is 1.12. The quantitative estimate of drug-likeness (QED) is 0.667. The Labute approximate surface area is 86.8 Å². The van der Waals surface area contributed by atoms with Crippen molar-refractivity contribution in [2.75, 3.05) is 0 Å². The molecule has 4 heteroatoms. The molecular weight excluding hydrogens is 198 g/mol. The van der Waals surface area contributed by atoms with E-state index in [4.69, 9.17) is 0 Å². The molecule has 1 atom stereocenters. The molecule has 3 nitrogen and oxygen atoms in total. The van der Waals surface area contributed by atoms with Gasteiger partial charge in [-0.15, -0.1) is 0 Å². The van der Waals surface area contributed by atoms with Crippen LogP contribution in [0.4, 0.5) is 0 Å². The van der Waals surface area contributed by atoms with Crippen molar-refractivity contribution >= 4 is 15.6 Å². The molecule has 0 aromatic carbocycles. The molecule has 1 amide bonds. The summed E-state index contributed by atoms with van der Waals surface area (Å²) in [6, 6.07) is 0. The molecule has 82 valence electrons. The number of hydrogen-bond donors (Lipinski definition) is 0. The fourth-order valence-corrected chi connectivity index (χ4v) is 3.36. The highest BCUT2D eigenvalue weighted by molar-refractivity contribution is 7.95. The molecule has 0 radical (unpaired) electrons. The van der Waals surface area contributed by atoms with Crippen molar-refractivity contribution in [3.8, 4) is 0 Å². The van der Waals surface area contributed by atoms with Gasteiger partial charge in [0, 0.05) is 10.00 Å². The van der Waals surface area contributed by atoms with E-state index in [-0.39, 0.29) is 5.25 Å². The molecular formula is C10H19NO2S. The fraction of sp³-hybridized carbons (Fsp3) is 0.700. The maximum absolute atomic E-state index is 12.4. The highest BCUT2D eigenvalue weighted by Crippen LogP contribution is 2.23. The van der Waals surface area contributed by atoms with Crippen LogP contribution in [-0.4, -0.2) is 20.1 Å². The smallest absolute Gasteiger partial charge is 0.267 e. The van der Waals surface area contributed by atoms with Gasteiger partial charge in [0.05, 0.1) is 9.73 Å². The van der Waals surface area contributed by atoms with Crippen LogP contribution in [0.2, 0.25) is 0 Å². The van der Waals surface area contributed by atoms with Gasteiger partial charge < -0.3 is 0 Å². The summed E-state index contributed by atoms with van der Waals surface area (Å²) in [5.74, 6) is -0.501. The summed E-state index contributed by atoms with van der Waals surface area (Å²) in [7, 11) is -2.53. The van der Waals surface area contributed by atoms with Gasteiger partial charge in [0.15, 0.2) is 0 Å². The summed E-state index contributed by atoms with van der Waals surface area (Å²) in [4.78, 5) is 11.1. The molecule has 0 fully saturated rings. The van der Waals surface area contributed by atoms with Gasteiger partial charge in [-0.3, -0.25) is 4.79 Å². The number of hydrogen-bond acceptors (Lipinski definition) is 2. The van der Waals surface area contributed by atoms with Crippen LogP contribution < -0.4 is 0 Å². The molecule has 0 aromatic rings. The van der Waals surface area contributed by atoms with E-state index in [0.717, 1.165) is 6.08 Å². The van der Waals surface area contributed by atoms with E-state index in [2.05, 4.69) is 10.9 Å². The van der Waals surface area contributed by atoms with E-state index in [0.29, 0.717) is 0 Å². The largest absolute Gasteiger partial charge is 0.277 e. The average Bonchev–Trinajstić information content (AvgIpc) is 2.01. The third-order valence-corrected chi connectivity index (χ3v) is 5.40. The third-order valence-electron chi connectivity index (χ3n) is 1.92. The zero-order chi connectivity index (χ0) is 11.6. The van der Waals surface area contributed by atoms with Crippen LogP contribution in [0.3, 0.4) is 0 Å². The minimum Gasteiger partial charge on any atom is -0.267 e. The Morgan fingerprint density at radius 3 is 2.07 bits per heavy atom. The van der Waals surface area contributed by atoms with Crippen LogP contribution in [0.15, 0.2) is 17.0 Å². The lowest BCUT2D eigenvalue weighted by atomic mass is 10.3. The maximum Gasteiger partial charge on any atom is 0.277 e. The van der Waals surface area contributed by atoms with Crippen molar-refractivity contribution in [2.45, 2.75) is 44.6 Å². The van der Waals surface area contributed by atoms with Crippen molar-refractivity contribution in [3.63, 3.8) is 0 Å². The van der Waals surface area contributed by atoms with Crippen molar-refractivity contribution in [1.29, 1.82) is 0 Å². The number of amides is 1. The molecule has 0 aliphatic heterocycles. The summed E-state index contributed by atoms with van der Waals surface area (Å²) in [6.07, 6.45) is 1.09. The predicted molar refractivity (Wildman–Crippen MR) is 60.7 cm³/mol. The second kappa shape index (κ2) is 4.26. The average molecular weight is 217 g/mol. The summed E-state index contributed by atoms with van der Waals surface area (Å²) in [5, 5.41) is -0.147. The molecule has 0 heterocycles. The first-order valence-electron chi connectivity index (χ1n) is 4.57. The van der Waals surface area contributed by atoms with E-state index in [1.165, 1.54) is 0 Å². The van der Waals surface area contributed by atoms with Crippen LogP contribution in [0, 0.1) is 0 Å². The minimum absolute atomic E-state index is 0.147. The van der Waals surface area contributed by atoms with Crippen molar-refractivity contribution in [2.24, 2.45) is 4.36 Å².